The van der Waals surface area contributed by atoms with E-state index in [0.717, 1.165) is 25.9 Å². The van der Waals surface area contributed by atoms with Gasteiger partial charge < -0.3 is 14.9 Å². The summed E-state index contributed by atoms with van der Waals surface area (Å²) in [5.74, 6) is 0.357. The van der Waals surface area contributed by atoms with E-state index in [1.54, 1.807) is 6.07 Å². The Bertz CT molecular complexity index is 579. The molecule has 1 aliphatic rings. The highest BCUT2D eigenvalue weighted by Crippen LogP contribution is 2.23. The predicted octanol–water partition coefficient (Wildman–Crippen LogP) is 1.73. The van der Waals surface area contributed by atoms with Crippen molar-refractivity contribution in [3.8, 4) is 17.1 Å². The molecule has 1 aliphatic heterocycles. The Kier molecular flexibility index (Phi) is 3.16. The van der Waals surface area contributed by atoms with E-state index in [1.807, 2.05) is 0 Å². The van der Waals surface area contributed by atoms with E-state index >= 15 is 0 Å². The van der Waals surface area contributed by atoms with Crippen LogP contribution in [0.3, 0.4) is 0 Å². The van der Waals surface area contributed by atoms with Crippen molar-refractivity contribution in [2.75, 3.05) is 13.1 Å². The van der Waals surface area contributed by atoms with E-state index in [4.69, 9.17) is 9.63 Å². The summed E-state index contributed by atoms with van der Waals surface area (Å²) in [7, 11) is 0. The molecular weight excluding hydrogens is 249 g/mol. The fourth-order valence-corrected chi connectivity index (χ4v) is 2.24. The summed E-state index contributed by atoms with van der Waals surface area (Å²) in [5.41, 5.74) is 0.495. The quantitative estimate of drug-likeness (QED) is 0.882. The topological polar surface area (TPSA) is 71.2 Å². The first-order valence-corrected chi connectivity index (χ1v) is 6.24. The molecule has 6 heteroatoms. The second-order valence-electron chi connectivity index (χ2n) is 4.74. The molecule has 1 fully saturated rings. The van der Waals surface area contributed by atoms with Gasteiger partial charge in [0.1, 0.15) is 0 Å². The highest BCUT2D eigenvalue weighted by molar-refractivity contribution is 5.55. The standard InChI is InChI=1S/C13H14FN3O2/c14-10-6-9(1-2-11(10)18)13-16-12(19-17-13)5-8-3-4-15-7-8/h1-2,6,8,15,18H,3-5,7H2. The molecule has 0 amide bonds. The number of rotatable bonds is 3. The van der Waals surface area contributed by atoms with Gasteiger partial charge in [0.05, 0.1) is 0 Å². The molecule has 1 aromatic heterocycles. The molecule has 2 heterocycles. The van der Waals surface area contributed by atoms with Crippen molar-refractivity contribution >= 4 is 0 Å². The Labute approximate surface area is 109 Å². The summed E-state index contributed by atoms with van der Waals surface area (Å²) >= 11 is 0. The van der Waals surface area contributed by atoms with Gasteiger partial charge in [-0.2, -0.15) is 4.98 Å². The van der Waals surface area contributed by atoms with Gasteiger partial charge in [-0.1, -0.05) is 5.16 Å². The molecule has 2 aromatic rings. The summed E-state index contributed by atoms with van der Waals surface area (Å²) in [6, 6.07) is 4.03. The normalized spacial score (nSPS) is 18.9. The van der Waals surface area contributed by atoms with Gasteiger partial charge in [-0.3, -0.25) is 0 Å². The lowest BCUT2D eigenvalue weighted by Gasteiger charge is -2.01. The summed E-state index contributed by atoms with van der Waals surface area (Å²) in [4.78, 5) is 4.26. The van der Waals surface area contributed by atoms with Crippen LogP contribution in [0.4, 0.5) is 4.39 Å². The van der Waals surface area contributed by atoms with Crippen molar-refractivity contribution in [3.63, 3.8) is 0 Å². The molecule has 2 N–H and O–H groups in total. The first-order valence-electron chi connectivity index (χ1n) is 6.24. The van der Waals surface area contributed by atoms with E-state index in [9.17, 15) is 4.39 Å². The van der Waals surface area contributed by atoms with E-state index in [1.165, 1.54) is 12.1 Å². The fraction of sp³-hybridized carbons (Fsp3) is 0.385. The molecule has 1 unspecified atom stereocenters. The molecule has 1 aromatic carbocycles. The molecule has 0 radical (unpaired) electrons. The van der Waals surface area contributed by atoms with Gasteiger partial charge in [0.2, 0.25) is 11.7 Å². The van der Waals surface area contributed by atoms with Crippen LogP contribution in [0.1, 0.15) is 12.3 Å². The van der Waals surface area contributed by atoms with Gasteiger partial charge in [-0.25, -0.2) is 4.39 Å². The molecule has 0 saturated carbocycles. The van der Waals surface area contributed by atoms with Gasteiger partial charge in [-0.15, -0.1) is 0 Å². The van der Waals surface area contributed by atoms with Crippen molar-refractivity contribution in [1.29, 1.82) is 0 Å². The monoisotopic (exact) mass is 263 g/mol. The summed E-state index contributed by atoms with van der Waals surface area (Å²) < 4.78 is 18.4. The van der Waals surface area contributed by atoms with Crippen molar-refractivity contribution in [3.05, 3.63) is 29.9 Å². The van der Waals surface area contributed by atoms with Crippen LogP contribution >= 0.6 is 0 Å². The lowest BCUT2D eigenvalue weighted by atomic mass is 10.1. The third kappa shape index (κ3) is 2.58. The van der Waals surface area contributed by atoms with E-state index in [2.05, 4.69) is 15.5 Å². The zero-order valence-corrected chi connectivity index (χ0v) is 10.3. The second-order valence-corrected chi connectivity index (χ2v) is 4.74. The number of phenolic OH excluding ortho intramolecular Hbond substituents is 1. The average Bonchev–Trinajstić information content (AvgIpc) is 3.05. The smallest absolute Gasteiger partial charge is 0.227 e. The van der Waals surface area contributed by atoms with Crippen LogP contribution in [0.25, 0.3) is 11.4 Å². The minimum Gasteiger partial charge on any atom is -0.505 e. The highest BCUT2D eigenvalue weighted by Gasteiger charge is 2.19. The van der Waals surface area contributed by atoms with Crippen LogP contribution in [0.15, 0.2) is 22.7 Å². The number of benzene rings is 1. The molecule has 0 spiro atoms. The molecule has 0 aliphatic carbocycles. The maximum Gasteiger partial charge on any atom is 0.227 e. The summed E-state index contributed by atoms with van der Waals surface area (Å²) in [6.07, 6.45) is 1.84. The number of hydrogen-bond donors (Lipinski definition) is 2. The molecule has 100 valence electrons. The first kappa shape index (κ1) is 12.1. The number of hydrogen-bond acceptors (Lipinski definition) is 5. The predicted molar refractivity (Wildman–Crippen MR) is 66.0 cm³/mol. The van der Waals surface area contributed by atoms with E-state index in [-0.39, 0.29) is 5.75 Å². The second kappa shape index (κ2) is 4.97. The third-order valence-corrected chi connectivity index (χ3v) is 3.30. The maximum atomic E-state index is 13.3. The number of halogens is 1. The lowest BCUT2D eigenvalue weighted by molar-refractivity contribution is 0.358. The molecule has 5 nitrogen and oxygen atoms in total. The Balaban J connectivity index is 1.78. The summed E-state index contributed by atoms with van der Waals surface area (Å²) in [5, 5.41) is 16.3. The van der Waals surface area contributed by atoms with Gasteiger partial charge in [0.15, 0.2) is 11.6 Å². The number of aromatic nitrogens is 2. The van der Waals surface area contributed by atoms with Gasteiger partial charge in [0, 0.05) is 12.0 Å². The minimum atomic E-state index is -0.691. The Hall–Kier alpha value is -1.95. The van der Waals surface area contributed by atoms with Gasteiger partial charge in [0.25, 0.3) is 0 Å². The first-order chi connectivity index (χ1) is 9.22. The van der Waals surface area contributed by atoms with Crippen molar-refractivity contribution in [2.24, 2.45) is 5.92 Å². The van der Waals surface area contributed by atoms with E-state index in [0.29, 0.717) is 23.2 Å². The molecule has 3 rings (SSSR count). The SMILES string of the molecule is Oc1ccc(-c2noc(CC3CCNC3)n2)cc1F. The third-order valence-electron chi connectivity index (χ3n) is 3.30. The van der Waals surface area contributed by atoms with Crippen molar-refractivity contribution in [1.82, 2.24) is 15.5 Å². The summed E-state index contributed by atoms with van der Waals surface area (Å²) in [6.45, 7) is 1.99. The molecule has 1 saturated heterocycles. The van der Waals surface area contributed by atoms with Crippen LogP contribution < -0.4 is 5.32 Å². The van der Waals surface area contributed by atoms with E-state index < -0.39 is 5.82 Å². The van der Waals surface area contributed by atoms with Crippen LogP contribution in [-0.2, 0) is 6.42 Å². The Morgan fingerprint density at radius 3 is 3.11 bits per heavy atom. The number of aromatic hydroxyl groups is 1. The average molecular weight is 263 g/mol. The fourth-order valence-electron chi connectivity index (χ4n) is 2.24. The molecule has 0 bridgehead atoms. The number of nitrogens with one attached hydrogen (secondary N) is 1. The van der Waals surface area contributed by atoms with Crippen LogP contribution in [0, 0.1) is 11.7 Å². The molecule has 19 heavy (non-hydrogen) atoms. The van der Waals surface area contributed by atoms with Crippen LogP contribution in [-0.4, -0.2) is 28.3 Å². The van der Waals surface area contributed by atoms with Gasteiger partial charge >= 0.3 is 0 Å². The zero-order chi connectivity index (χ0) is 13.2. The Morgan fingerprint density at radius 1 is 1.47 bits per heavy atom. The Morgan fingerprint density at radius 2 is 2.37 bits per heavy atom. The van der Waals surface area contributed by atoms with Crippen LogP contribution in [0.5, 0.6) is 5.75 Å². The van der Waals surface area contributed by atoms with Crippen molar-refractivity contribution < 1.29 is 14.0 Å². The number of nitrogens with zero attached hydrogens (tertiary/aromatic N) is 2. The molecular formula is C13H14FN3O2. The zero-order valence-electron chi connectivity index (χ0n) is 10.3. The number of phenols is 1. The minimum absolute atomic E-state index is 0.347. The lowest BCUT2D eigenvalue weighted by Crippen LogP contribution is -2.10. The van der Waals surface area contributed by atoms with Gasteiger partial charge in [-0.05, 0) is 43.6 Å². The molecule has 1 atom stereocenters. The van der Waals surface area contributed by atoms with Crippen molar-refractivity contribution in [2.45, 2.75) is 12.8 Å². The van der Waals surface area contributed by atoms with Crippen LogP contribution in [0.2, 0.25) is 0 Å². The largest absolute Gasteiger partial charge is 0.505 e. The highest BCUT2D eigenvalue weighted by atomic mass is 19.1. The maximum absolute atomic E-state index is 13.3.